The maximum Gasteiger partial charge on any atom is 0.228 e. The van der Waals surface area contributed by atoms with Crippen LogP contribution in [0.3, 0.4) is 0 Å². The maximum absolute atomic E-state index is 4.65. The number of hydrogen-bond acceptors (Lipinski definition) is 7. The van der Waals surface area contributed by atoms with Crippen LogP contribution in [0.1, 0.15) is 32.0 Å². The molecule has 1 saturated heterocycles. The molecule has 0 aliphatic carbocycles. The second-order valence-electron chi connectivity index (χ2n) is 7.81. The first kappa shape index (κ1) is 18.7. The van der Waals surface area contributed by atoms with Gasteiger partial charge in [-0.2, -0.15) is 5.10 Å². The third kappa shape index (κ3) is 3.63. The monoisotopic (exact) mass is 403 g/mol. The molecule has 9 nitrogen and oxygen atoms in total. The minimum Gasteiger partial charge on any atom is -0.309 e. The summed E-state index contributed by atoms with van der Waals surface area (Å²) >= 11 is 0. The highest BCUT2D eigenvalue weighted by Gasteiger charge is 2.20. The summed E-state index contributed by atoms with van der Waals surface area (Å²) < 4.78 is 3.81. The lowest BCUT2D eigenvalue weighted by atomic mass is 10.0. The summed E-state index contributed by atoms with van der Waals surface area (Å²) in [5.74, 6) is 2.33. The van der Waals surface area contributed by atoms with Crippen molar-refractivity contribution in [3.8, 4) is 11.3 Å². The van der Waals surface area contributed by atoms with Crippen LogP contribution in [-0.2, 0) is 13.6 Å². The molecule has 0 spiro atoms. The Kier molecular flexibility index (Phi) is 4.88. The van der Waals surface area contributed by atoms with Crippen molar-refractivity contribution < 1.29 is 0 Å². The minimum absolute atomic E-state index is 0.525. The van der Waals surface area contributed by atoms with Crippen LogP contribution in [0, 0.1) is 0 Å². The zero-order valence-corrected chi connectivity index (χ0v) is 17.2. The van der Waals surface area contributed by atoms with Gasteiger partial charge in [-0.3, -0.25) is 14.0 Å². The minimum atomic E-state index is 0.525. The number of fused-ring (bicyclic) bond motifs is 1. The number of nitrogens with zero attached hydrogens (tertiary/aromatic N) is 8. The van der Waals surface area contributed by atoms with E-state index in [0.29, 0.717) is 12.0 Å². The molecule has 1 atom stereocenters. The molecule has 5 heterocycles. The highest BCUT2D eigenvalue weighted by atomic mass is 15.3. The summed E-state index contributed by atoms with van der Waals surface area (Å²) in [6.45, 7) is 4.25. The van der Waals surface area contributed by atoms with Gasteiger partial charge in [-0.1, -0.05) is 6.42 Å². The SMILES string of the molecule is CC1CCCCN1Cc1nnc2cc(-c3ccnc(Nc4ccnn4C)n3)ccn12. The van der Waals surface area contributed by atoms with Crippen molar-refractivity contribution in [1.29, 1.82) is 0 Å². The van der Waals surface area contributed by atoms with Gasteiger partial charge in [0.2, 0.25) is 5.95 Å². The van der Waals surface area contributed by atoms with Crippen molar-refractivity contribution in [3.05, 3.63) is 48.7 Å². The third-order valence-electron chi connectivity index (χ3n) is 5.78. The summed E-state index contributed by atoms with van der Waals surface area (Å²) in [5, 5.41) is 16.2. The van der Waals surface area contributed by atoms with Crippen LogP contribution in [0.2, 0.25) is 0 Å². The van der Waals surface area contributed by atoms with Crippen LogP contribution in [0.15, 0.2) is 42.9 Å². The number of aryl methyl sites for hydroxylation is 1. The predicted molar refractivity (Wildman–Crippen MR) is 114 cm³/mol. The maximum atomic E-state index is 4.65. The molecule has 0 amide bonds. The Balaban J connectivity index is 1.39. The van der Waals surface area contributed by atoms with E-state index in [0.717, 1.165) is 41.6 Å². The van der Waals surface area contributed by atoms with Gasteiger partial charge in [0.15, 0.2) is 11.5 Å². The normalized spacial score (nSPS) is 17.5. The molecular weight excluding hydrogens is 378 g/mol. The number of hydrogen-bond donors (Lipinski definition) is 1. The summed E-state index contributed by atoms with van der Waals surface area (Å²) in [6, 6.07) is 8.44. The Morgan fingerprint density at radius 1 is 1.13 bits per heavy atom. The van der Waals surface area contributed by atoms with Crippen molar-refractivity contribution in [3.63, 3.8) is 0 Å². The van der Waals surface area contributed by atoms with Crippen LogP contribution in [0.4, 0.5) is 11.8 Å². The molecule has 0 radical (unpaired) electrons. The highest BCUT2D eigenvalue weighted by Crippen LogP contribution is 2.22. The van der Waals surface area contributed by atoms with Gasteiger partial charge in [0, 0.05) is 37.1 Å². The van der Waals surface area contributed by atoms with E-state index in [4.69, 9.17) is 0 Å². The molecule has 0 aromatic carbocycles. The molecule has 30 heavy (non-hydrogen) atoms. The number of nitrogens with one attached hydrogen (secondary N) is 1. The third-order valence-corrected chi connectivity index (χ3v) is 5.78. The fraction of sp³-hybridized carbons (Fsp3) is 0.381. The Labute approximate surface area is 174 Å². The largest absolute Gasteiger partial charge is 0.309 e. The van der Waals surface area contributed by atoms with E-state index in [1.807, 2.05) is 31.4 Å². The van der Waals surface area contributed by atoms with Gasteiger partial charge in [-0.25, -0.2) is 9.97 Å². The lowest BCUT2D eigenvalue weighted by Crippen LogP contribution is -2.37. The first-order chi connectivity index (χ1) is 14.7. The molecule has 5 rings (SSSR count). The average Bonchev–Trinajstić information content (AvgIpc) is 3.35. The summed E-state index contributed by atoms with van der Waals surface area (Å²) in [5.41, 5.74) is 2.63. The quantitative estimate of drug-likeness (QED) is 0.548. The van der Waals surface area contributed by atoms with Gasteiger partial charge in [0.25, 0.3) is 0 Å². The van der Waals surface area contributed by atoms with E-state index >= 15 is 0 Å². The van der Waals surface area contributed by atoms with Crippen molar-refractivity contribution in [2.24, 2.45) is 7.05 Å². The second kappa shape index (κ2) is 7.83. The average molecular weight is 403 g/mol. The van der Waals surface area contributed by atoms with E-state index in [9.17, 15) is 0 Å². The van der Waals surface area contributed by atoms with Crippen LogP contribution in [0.5, 0.6) is 0 Å². The summed E-state index contributed by atoms with van der Waals surface area (Å²) in [6.07, 6.45) is 9.34. The number of rotatable bonds is 5. The van der Waals surface area contributed by atoms with Crippen molar-refractivity contribution in [1.82, 2.24) is 39.2 Å². The number of pyridine rings is 1. The highest BCUT2D eigenvalue weighted by molar-refractivity contribution is 5.65. The fourth-order valence-corrected chi connectivity index (χ4v) is 3.97. The van der Waals surface area contributed by atoms with Crippen molar-refractivity contribution >= 4 is 17.4 Å². The second-order valence-corrected chi connectivity index (χ2v) is 7.81. The molecule has 9 heteroatoms. The van der Waals surface area contributed by atoms with E-state index < -0.39 is 0 Å². The Hall–Kier alpha value is -3.33. The zero-order valence-electron chi connectivity index (χ0n) is 17.2. The van der Waals surface area contributed by atoms with Crippen LogP contribution in [0.25, 0.3) is 16.9 Å². The predicted octanol–water partition coefficient (Wildman–Crippen LogP) is 3.04. The molecule has 1 N–H and O–H groups in total. The van der Waals surface area contributed by atoms with Crippen LogP contribution in [-0.4, -0.2) is 51.8 Å². The van der Waals surface area contributed by atoms with E-state index in [1.54, 1.807) is 17.1 Å². The van der Waals surface area contributed by atoms with Gasteiger partial charge in [-0.15, -0.1) is 10.2 Å². The molecule has 154 valence electrons. The lowest BCUT2D eigenvalue weighted by molar-refractivity contribution is 0.148. The fourth-order valence-electron chi connectivity index (χ4n) is 3.97. The Morgan fingerprint density at radius 2 is 2.07 bits per heavy atom. The Morgan fingerprint density at radius 3 is 2.90 bits per heavy atom. The molecule has 1 aliphatic heterocycles. The van der Waals surface area contributed by atoms with Gasteiger partial charge in [0.05, 0.1) is 18.4 Å². The molecular formula is C21H25N9. The molecule has 4 aromatic rings. The number of piperidine rings is 1. The molecule has 0 saturated carbocycles. The number of aromatic nitrogens is 7. The molecule has 4 aromatic heterocycles. The lowest BCUT2D eigenvalue weighted by Gasteiger charge is -2.32. The molecule has 0 bridgehead atoms. The Bertz CT molecular complexity index is 1160. The van der Waals surface area contributed by atoms with Gasteiger partial charge >= 0.3 is 0 Å². The van der Waals surface area contributed by atoms with Crippen LogP contribution < -0.4 is 5.32 Å². The van der Waals surface area contributed by atoms with Crippen LogP contribution >= 0.6 is 0 Å². The van der Waals surface area contributed by atoms with Crippen molar-refractivity contribution in [2.45, 2.75) is 38.8 Å². The van der Waals surface area contributed by atoms with Crippen molar-refractivity contribution in [2.75, 3.05) is 11.9 Å². The number of likely N-dealkylation sites (tertiary alicyclic amines) is 1. The van der Waals surface area contributed by atoms with E-state index in [-0.39, 0.29) is 0 Å². The standard InChI is InChI=1S/C21H25N9/c1-15-5-3-4-11-29(15)14-20-27-26-19-13-16(8-12-30(19)20)17-6-9-22-21(24-17)25-18-7-10-23-28(18)2/h6-10,12-13,15H,3-5,11,14H2,1-2H3,(H,22,24,25). The molecule has 1 unspecified atom stereocenters. The zero-order chi connectivity index (χ0) is 20.5. The first-order valence-electron chi connectivity index (χ1n) is 10.3. The topological polar surface area (TPSA) is 89.1 Å². The van der Waals surface area contributed by atoms with E-state index in [2.05, 4.69) is 52.9 Å². The van der Waals surface area contributed by atoms with Gasteiger partial charge in [-0.05, 0) is 44.5 Å². The van der Waals surface area contributed by atoms with Gasteiger partial charge in [0.1, 0.15) is 5.82 Å². The van der Waals surface area contributed by atoms with Gasteiger partial charge < -0.3 is 5.32 Å². The molecule has 1 aliphatic rings. The first-order valence-corrected chi connectivity index (χ1v) is 10.3. The summed E-state index contributed by atoms with van der Waals surface area (Å²) in [7, 11) is 1.87. The smallest absolute Gasteiger partial charge is 0.228 e. The van der Waals surface area contributed by atoms with E-state index in [1.165, 1.54) is 19.3 Å². The summed E-state index contributed by atoms with van der Waals surface area (Å²) in [4.78, 5) is 11.5. The molecule has 1 fully saturated rings. The number of anilines is 2.